The highest BCUT2D eigenvalue weighted by molar-refractivity contribution is 5.93. The van der Waals surface area contributed by atoms with Gasteiger partial charge >= 0.3 is 11.9 Å². The Morgan fingerprint density at radius 3 is 2.00 bits per heavy atom. The minimum atomic E-state index is -1.48. The first kappa shape index (κ1) is 19.3. The number of carboxylic acids is 2. The highest BCUT2D eigenvalue weighted by Crippen LogP contribution is 2.00. The van der Waals surface area contributed by atoms with Crippen molar-refractivity contribution in [3.8, 4) is 0 Å². The number of primary amides is 1. The lowest BCUT2D eigenvalue weighted by Crippen LogP contribution is -2.53. The van der Waals surface area contributed by atoms with E-state index in [0.29, 0.717) is 0 Å². The van der Waals surface area contributed by atoms with E-state index in [-0.39, 0.29) is 12.8 Å². The van der Waals surface area contributed by atoms with Crippen molar-refractivity contribution >= 4 is 29.7 Å². The number of amides is 3. The smallest absolute Gasteiger partial charge is 0.326 e. The van der Waals surface area contributed by atoms with Crippen LogP contribution in [0.5, 0.6) is 0 Å². The van der Waals surface area contributed by atoms with E-state index in [4.69, 9.17) is 21.7 Å². The van der Waals surface area contributed by atoms with Gasteiger partial charge in [-0.3, -0.25) is 19.2 Å². The standard InChI is InChI=1S/C11H18N4O7/c12-4-8(17)14-6(3-9(18)19)10(20)15-5(11(21)22)1-2-7(13)16/h5-6H,1-4,12H2,(H2,13,16)(H,14,17)(H,15,20)(H,18,19)(H,21,22)/t5-,6-/m0/s1. The van der Waals surface area contributed by atoms with Crippen LogP contribution in [-0.4, -0.2) is 58.5 Å². The zero-order chi connectivity index (χ0) is 17.3. The molecule has 22 heavy (non-hydrogen) atoms. The van der Waals surface area contributed by atoms with Gasteiger partial charge in [0.1, 0.15) is 12.1 Å². The predicted molar refractivity (Wildman–Crippen MR) is 71.2 cm³/mol. The summed E-state index contributed by atoms with van der Waals surface area (Å²) in [5, 5.41) is 21.7. The summed E-state index contributed by atoms with van der Waals surface area (Å²) in [6.07, 6.45) is -1.29. The molecule has 0 spiro atoms. The fourth-order valence-corrected chi connectivity index (χ4v) is 1.45. The molecule has 0 aliphatic rings. The van der Waals surface area contributed by atoms with Gasteiger partial charge in [-0.2, -0.15) is 0 Å². The molecule has 0 radical (unpaired) electrons. The fourth-order valence-electron chi connectivity index (χ4n) is 1.45. The molecule has 0 saturated heterocycles. The lowest BCUT2D eigenvalue weighted by Gasteiger charge is -2.20. The van der Waals surface area contributed by atoms with Crippen molar-refractivity contribution in [2.75, 3.05) is 6.54 Å². The van der Waals surface area contributed by atoms with Gasteiger partial charge < -0.3 is 32.3 Å². The summed E-state index contributed by atoms with van der Waals surface area (Å²) in [4.78, 5) is 55.3. The number of carboxylic acid groups (broad SMARTS) is 2. The number of carbonyl (C=O) groups is 5. The summed E-state index contributed by atoms with van der Waals surface area (Å²) < 4.78 is 0. The van der Waals surface area contributed by atoms with Crippen molar-refractivity contribution in [1.82, 2.24) is 10.6 Å². The third-order valence-electron chi connectivity index (χ3n) is 2.51. The molecule has 124 valence electrons. The second kappa shape index (κ2) is 9.28. The lowest BCUT2D eigenvalue weighted by atomic mass is 10.1. The van der Waals surface area contributed by atoms with Crippen LogP contribution in [0, 0.1) is 0 Å². The van der Waals surface area contributed by atoms with E-state index in [2.05, 4.69) is 5.32 Å². The van der Waals surface area contributed by atoms with Gasteiger partial charge in [0, 0.05) is 6.42 Å². The number of hydrogen-bond acceptors (Lipinski definition) is 6. The van der Waals surface area contributed by atoms with Crippen molar-refractivity contribution in [2.24, 2.45) is 11.5 Å². The first-order valence-electron chi connectivity index (χ1n) is 6.20. The van der Waals surface area contributed by atoms with Gasteiger partial charge in [0.15, 0.2) is 0 Å². The Balaban J connectivity index is 4.86. The van der Waals surface area contributed by atoms with Crippen molar-refractivity contribution in [1.29, 1.82) is 0 Å². The molecule has 0 aliphatic carbocycles. The Hall–Kier alpha value is -2.69. The third-order valence-corrected chi connectivity index (χ3v) is 2.51. The maximum absolute atomic E-state index is 11.9. The first-order chi connectivity index (χ1) is 10.2. The Morgan fingerprint density at radius 1 is 1.00 bits per heavy atom. The second-order valence-corrected chi connectivity index (χ2v) is 4.33. The molecule has 2 atom stereocenters. The van der Waals surface area contributed by atoms with Crippen LogP contribution >= 0.6 is 0 Å². The molecule has 0 rings (SSSR count). The number of hydrogen-bond donors (Lipinski definition) is 6. The maximum Gasteiger partial charge on any atom is 0.326 e. The lowest BCUT2D eigenvalue weighted by molar-refractivity contribution is -0.143. The Bertz CT molecular complexity index is 465. The van der Waals surface area contributed by atoms with Crippen molar-refractivity contribution in [2.45, 2.75) is 31.3 Å². The van der Waals surface area contributed by atoms with E-state index >= 15 is 0 Å². The molecule has 3 amide bonds. The van der Waals surface area contributed by atoms with E-state index in [9.17, 15) is 24.0 Å². The molecule has 0 aliphatic heterocycles. The molecule has 8 N–H and O–H groups in total. The number of nitrogens with one attached hydrogen (secondary N) is 2. The molecule has 0 aromatic carbocycles. The molecular formula is C11H18N4O7. The van der Waals surface area contributed by atoms with E-state index in [1.807, 2.05) is 5.32 Å². The van der Waals surface area contributed by atoms with Gasteiger partial charge in [0.2, 0.25) is 17.7 Å². The number of carbonyl (C=O) groups excluding carboxylic acids is 3. The molecule has 0 bridgehead atoms. The summed E-state index contributed by atoms with van der Waals surface area (Å²) in [6, 6.07) is -2.92. The van der Waals surface area contributed by atoms with E-state index in [1.54, 1.807) is 0 Å². The molecule has 0 fully saturated rings. The van der Waals surface area contributed by atoms with Crippen LogP contribution in [0.4, 0.5) is 0 Å². The molecule has 0 aromatic rings. The minimum absolute atomic E-state index is 0.263. The van der Waals surface area contributed by atoms with Crippen LogP contribution in [0.1, 0.15) is 19.3 Å². The maximum atomic E-state index is 11.9. The fraction of sp³-hybridized carbons (Fsp3) is 0.545. The Kier molecular flexibility index (Phi) is 8.15. The largest absolute Gasteiger partial charge is 0.481 e. The van der Waals surface area contributed by atoms with Gasteiger partial charge in [-0.1, -0.05) is 0 Å². The highest BCUT2D eigenvalue weighted by Gasteiger charge is 2.28. The normalized spacial score (nSPS) is 12.8. The molecule has 11 nitrogen and oxygen atoms in total. The molecule has 0 saturated carbocycles. The summed E-state index contributed by atoms with van der Waals surface area (Å²) >= 11 is 0. The van der Waals surface area contributed by atoms with Crippen LogP contribution in [0.25, 0.3) is 0 Å². The first-order valence-corrected chi connectivity index (χ1v) is 6.20. The van der Waals surface area contributed by atoms with Crippen molar-refractivity contribution < 1.29 is 34.2 Å². The van der Waals surface area contributed by atoms with Crippen LogP contribution < -0.4 is 22.1 Å². The third kappa shape index (κ3) is 7.79. The summed E-state index contributed by atoms with van der Waals surface area (Å²) in [7, 11) is 0. The van der Waals surface area contributed by atoms with Crippen LogP contribution in [0.2, 0.25) is 0 Å². The number of nitrogens with two attached hydrogens (primary N) is 2. The molecule has 0 heterocycles. The number of rotatable bonds is 10. The zero-order valence-electron chi connectivity index (χ0n) is 11.6. The quantitative estimate of drug-likeness (QED) is 0.241. The van der Waals surface area contributed by atoms with Crippen molar-refractivity contribution in [3.05, 3.63) is 0 Å². The monoisotopic (exact) mass is 318 g/mol. The van der Waals surface area contributed by atoms with Gasteiger partial charge in [-0.15, -0.1) is 0 Å². The summed E-state index contributed by atoms with van der Waals surface area (Å²) in [6.45, 7) is -0.465. The van der Waals surface area contributed by atoms with E-state index in [0.717, 1.165) is 0 Å². The molecule has 11 heteroatoms. The summed E-state index contributed by atoms with van der Waals surface area (Å²) in [5.41, 5.74) is 9.93. The average Bonchev–Trinajstić information content (AvgIpc) is 2.41. The van der Waals surface area contributed by atoms with Gasteiger partial charge in [-0.25, -0.2) is 4.79 Å². The van der Waals surface area contributed by atoms with Crippen molar-refractivity contribution in [3.63, 3.8) is 0 Å². The average molecular weight is 318 g/mol. The van der Waals surface area contributed by atoms with Crippen LogP contribution in [0.3, 0.4) is 0 Å². The van der Waals surface area contributed by atoms with Gasteiger partial charge in [0.25, 0.3) is 0 Å². The van der Waals surface area contributed by atoms with Gasteiger partial charge in [-0.05, 0) is 6.42 Å². The predicted octanol–water partition coefficient (Wildman–Crippen LogP) is -3.26. The summed E-state index contributed by atoms with van der Waals surface area (Å²) in [5.74, 6) is -5.33. The highest BCUT2D eigenvalue weighted by atomic mass is 16.4. The van der Waals surface area contributed by atoms with E-state index < -0.39 is 54.7 Å². The Morgan fingerprint density at radius 2 is 1.59 bits per heavy atom. The SMILES string of the molecule is NCC(=O)N[C@@H](CC(=O)O)C(=O)N[C@@H](CCC(N)=O)C(=O)O. The number of aliphatic carboxylic acids is 2. The molecular weight excluding hydrogens is 300 g/mol. The zero-order valence-corrected chi connectivity index (χ0v) is 11.6. The second-order valence-electron chi connectivity index (χ2n) is 4.33. The molecule has 0 aromatic heterocycles. The van der Waals surface area contributed by atoms with E-state index in [1.165, 1.54) is 0 Å². The minimum Gasteiger partial charge on any atom is -0.481 e. The van der Waals surface area contributed by atoms with Gasteiger partial charge in [0.05, 0.1) is 13.0 Å². The van der Waals surface area contributed by atoms with Crippen LogP contribution in [0.15, 0.2) is 0 Å². The van der Waals surface area contributed by atoms with Crippen LogP contribution in [-0.2, 0) is 24.0 Å². The Labute approximate surface area is 125 Å². The topological polar surface area (TPSA) is 202 Å². The molecule has 0 unspecified atom stereocenters.